The topological polar surface area (TPSA) is 41.6 Å². The van der Waals surface area contributed by atoms with Gasteiger partial charge in [-0.2, -0.15) is 0 Å². The molecule has 0 atom stereocenters. The highest BCUT2D eigenvalue weighted by Crippen LogP contribution is 2.32. The van der Waals surface area contributed by atoms with Crippen LogP contribution in [0.3, 0.4) is 0 Å². The Kier molecular flexibility index (Phi) is 3.99. The molecule has 0 saturated heterocycles. The van der Waals surface area contributed by atoms with E-state index in [0.717, 1.165) is 22.4 Å². The first-order chi connectivity index (χ1) is 7.88. The molecule has 0 unspecified atom stereocenters. The molecular weight excluding hydrogens is 216 g/mol. The predicted octanol–water partition coefficient (Wildman–Crippen LogP) is 2.71. The van der Waals surface area contributed by atoms with Gasteiger partial charge in [0.1, 0.15) is 5.75 Å². The van der Waals surface area contributed by atoms with Crippen molar-refractivity contribution in [3.05, 3.63) is 22.8 Å². The lowest BCUT2D eigenvalue weighted by Gasteiger charge is -2.18. The Hall–Kier alpha value is -1.71. The van der Waals surface area contributed by atoms with E-state index in [4.69, 9.17) is 4.74 Å². The molecule has 0 heterocycles. The first kappa shape index (κ1) is 13.4. The summed E-state index contributed by atoms with van der Waals surface area (Å²) < 4.78 is 5.41. The average molecular weight is 236 g/mol. The van der Waals surface area contributed by atoms with E-state index in [2.05, 4.69) is 11.4 Å². The van der Waals surface area contributed by atoms with Crippen LogP contribution in [0.4, 0.5) is 10.5 Å². The maximum atomic E-state index is 11.6. The van der Waals surface area contributed by atoms with Crippen molar-refractivity contribution in [1.29, 1.82) is 0 Å². The summed E-state index contributed by atoms with van der Waals surface area (Å²) in [7, 11) is 5.19. The predicted molar refractivity (Wildman–Crippen MR) is 69.9 cm³/mol. The molecule has 4 nitrogen and oxygen atoms in total. The maximum absolute atomic E-state index is 11.6. The van der Waals surface area contributed by atoms with Gasteiger partial charge in [-0.25, -0.2) is 4.79 Å². The fraction of sp³-hybridized carbons (Fsp3) is 0.462. The molecular formula is C13H20N2O2. The number of aryl methyl sites for hydroxylation is 1. The molecule has 1 N–H and O–H groups in total. The van der Waals surface area contributed by atoms with Gasteiger partial charge in [-0.05, 0) is 38.0 Å². The zero-order valence-corrected chi connectivity index (χ0v) is 11.3. The van der Waals surface area contributed by atoms with Gasteiger partial charge in [-0.3, -0.25) is 0 Å². The summed E-state index contributed by atoms with van der Waals surface area (Å²) in [6, 6.07) is 2.05. The number of nitrogens with one attached hydrogen (secondary N) is 1. The Labute approximate surface area is 103 Å². The maximum Gasteiger partial charge on any atom is 0.414 e. The quantitative estimate of drug-likeness (QED) is 0.858. The molecule has 0 aliphatic heterocycles. The molecule has 0 aliphatic rings. The number of ether oxygens (including phenoxy) is 1. The van der Waals surface area contributed by atoms with Crippen molar-refractivity contribution in [2.24, 2.45) is 0 Å². The zero-order chi connectivity index (χ0) is 13.2. The van der Waals surface area contributed by atoms with E-state index in [9.17, 15) is 4.79 Å². The highest BCUT2D eigenvalue weighted by atomic mass is 16.6. The van der Waals surface area contributed by atoms with Gasteiger partial charge in [0, 0.05) is 32.4 Å². The molecule has 0 spiro atoms. The standard InChI is InChI=1S/C13H20N2O2/c1-8-7-11(14-4)10(3)12(9(8)2)17-13(16)15(5)6/h7,14H,1-6H3. The summed E-state index contributed by atoms with van der Waals surface area (Å²) in [4.78, 5) is 13.0. The van der Waals surface area contributed by atoms with Crippen LogP contribution in [0.2, 0.25) is 0 Å². The first-order valence-corrected chi connectivity index (χ1v) is 5.56. The zero-order valence-electron chi connectivity index (χ0n) is 11.3. The minimum atomic E-state index is -0.358. The second kappa shape index (κ2) is 5.08. The molecule has 94 valence electrons. The van der Waals surface area contributed by atoms with Crippen LogP contribution >= 0.6 is 0 Å². The number of carbonyl (C=O) groups is 1. The fourth-order valence-electron chi connectivity index (χ4n) is 1.61. The highest BCUT2D eigenvalue weighted by Gasteiger charge is 2.15. The summed E-state index contributed by atoms with van der Waals surface area (Å²) in [5.74, 6) is 0.646. The Balaban J connectivity index is 3.22. The van der Waals surface area contributed by atoms with Crippen molar-refractivity contribution < 1.29 is 9.53 Å². The highest BCUT2D eigenvalue weighted by molar-refractivity contribution is 5.73. The normalized spacial score (nSPS) is 10.0. The van der Waals surface area contributed by atoms with Gasteiger partial charge in [0.15, 0.2) is 0 Å². The Morgan fingerprint density at radius 1 is 1.24 bits per heavy atom. The first-order valence-electron chi connectivity index (χ1n) is 5.56. The van der Waals surface area contributed by atoms with Gasteiger partial charge in [0.05, 0.1) is 0 Å². The van der Waals surface area contributed by atoms with Crippen LogP contribution in [0.5, 0.6) is 5.75 Å². The number of carbonyl (C=O) groups excluding carboxylic acids is 1. The molecule has 0 radical (unpaired) electrons. The van der Waals surface area contributed by atoms with Crippen molar-refractivity contribution in [2.45, 2.75) is 20.8 Å². The molecule has 0 saturated carbocycles. The summed E-state index contributed by atoms with van der Waals surface area (Å²) in [6.07, 6.45) is -0.358. The smallest absolute Gasteiger partial charge is 0.410 e. The van der Waals surface area contributed by atoms with E-state index in [1.165, 1.54) is 4.90 Å². The van der Waals surface area contributed by atoms with Crippen LogP contribution < -0.4 is 10.1 Å². The van der Waals surface area contributed by atoms with Gasteiger partial charge in [0.2, 0.25) is 0 Å². The van der Waals surface area contributed by atoms with Crippen LogP contribution in [0, 0.1) is 20.8 Å². The largest absolute Gasteiger partial charge is 0.414 e. The van der Waals surface area contributed by atoms with Crippen LogP contribution in [0.15, 0.2) is 6.07 Å². The van der Waals surface area contributed by atoms with Crippen molar-refractivity contribution >= 4 is 11.8 Å². The van der Waals surface area contributed by atoms with Crippen molar-refractivity contribution in [2.75, 3.05) is 26.5 Å². The SMILES string of the molecule is CNc1cc(C)c(C)c(OC(=O)N(C)C)c1C. The van der Waals surface area contributed by atoms with Gasteiger partial charge >= 0.3 is 6.09 Å². The third-order valence-corrected chi connectivity index (χ3v) is 2.86. The molecule has 1 amide bonds. The summed E-state index contributed by atoms with van der Waals surface area (Å²) in [6.45, 7) is 5.90. The van der Waals surface area contributed by atoms with Crippen molar-refractivity contribution in [3.63, 3.8) is 0 Å². The molecule has 0 aliphatic carbocycles. The van der Waals surface area contributed by atoms with Crippen molar-refractivity contribution in [1.82, 2.24) is 4.90 Å². The Bertz CT molecular complexity index is 440. The van der Waals surface area contributed by atoms with Crippen molar-refractivity contribution in [3.8, 4) is 5.75 Å². The molecule has 4 heteroatoms. The van der Waals surface area contributed by atoms with Crippen LogP contribution in [0.1, 0.15) is 16.7 Å². The van der Waals surface area contributed by atoms with E-state index in [1.807, 2.05) is 27.8 Å². The minimum absolute atomic E-state index is 0.358. The lowest BCUT2D eigenvalue weighted by atomic mass is 10.0. The molecule has 1 aromatic carbocycles. The second-order valence-corrected chi connectivity index (χ2v) is 4.33. The number of hydrogen-bond acceptors (Lipinski definition) is 3. The third-order valence-electron chi connectivity index (χ3n) is 2.86. The summed E-state index contributed by atoms with van der Waals surface area (Å²) >= 11 is 0. The second-order valence-electron chi connectivity index (χ2n) is 4.33. The Morgan fingerprint density at radius 2 is 1.82 bits per heavy atom. The third kappa shape index (κ3) is 2.70. The van der Waals surface area contributed by atoms with Crippen LogP contribution in [-0.4, -0.2) is 32.1 Å². The average Bonchev–Trinajstić information content (AvgIpc) is 2.28. The lowest BCUT2D eigenvalue weighted by molar-refractivity contribution is 0.171. The molecule has 0 fully saturated rings. The lowest BCUT2D eigenvalue weighted by Crippen LogP contribution is -2.26. The fourth-order valence-corrected chi connectivity index (χ4v) is 1.61. The van der Waals surface area contributed by atoms with Gasteiger partial charge < -0.3 is 15.0 Å². The Morgan fingerprint density at radius 3 is 2.29 bits per heavy atom. The number of anilines is 1. The number of hydrogen-bond donors (Lipinski definition) is 1. The van der Waals surface area contributed by atoms with Gasteiger partial charge in [-0.15, -0.1) is 0 Å². The number of nitrogens with zero attached hydrogens (tertiary/aromatic N) is 1. The number of amides is 1. The van der Waals surface area contributed by atoms with Gasteiger partial charge in [0.25, 0.3) is 0 Å². The molecule has 17 heavy (non-hydrogen) atoms. The molecule has 0 bridgehead atoms. The number of benzene rings is 1. The van der Waals surface area contributed by atoms with Crippen LogP contribution in [-0.2, 0) is 0 Å². The van der Waals surface area contributed by atoms with E-state index in [-0.39, 0.29) is 6.09 Å². The summed E-state index contributed by atoms with van der Waals surface area (Å²) in [5, 5.41) is 3.10. The number of rotatable bonds is 2. The van der Waals surface area contributed by atoms with Gasteiger partial charge in [-0.1, -0.05) is 0 Å². The van der Waals surface area contributed by atoms with Crippen LogP contribution in [0.25, 0.3) is 0 Å². The molecule has 1 rings (SSSR count). The van der Waals surface area contributed by atoms with E-state index in [1.54, 1.807) is 14.1 Å². The summed E-state index contributed by atoms with van der Waals surface area (Å²) in [5.41, 5.74) is 4.03. The van der Waals surface area contributed by atoms with E-state index in [0.29, 0.717) is 5.75 Å². The molecule has 0 aromatic heterocycles. The van der Waals surface area contributed by atoms with E-state index >= 15 is 0 Å². The molecule has 1 aromatic rings. The van der Waals surface area contributed by atoms with E-state index < -0.39 is 0 Å². The monoisotopic (exact) mass is 236 g/mol. The minimum Gasteiger partial charge on any atom is -0.410 e.